The van der Waals surface area contributed by atoms with Crippen molar-refractivity contribution < 1.29 is 0 Å². The second kappa shape index (κ2) is 2.28. The van der Waals surface area contributed by atoms with Crippen molar-refractivity contribution in [1.82, 2.24) is 19.8 Å². The lowest BCUT2D eigenvalue weighted by molar-refractivity contribution is 0.955. The Hall–Kier alpha value is -0.680. The molecule has 0 saturated carbocycles. The van der Waals surface area contributed by atoms with Crippen molar-refractivity contribution in [2.75, 3.05) is 0 Å². The summed E-state index contributed by atoms with van der Waals surface area (Å²) in [5.41, 5.74) is 1.73. The zero-order valence-electron chi connectivity index (χ0n) is 4.26. The van der Waals surface area contributed by atoms with Crippen molar-refractivity contribution in [3.05, 3.63) is 11.8 Å². The Bertz CT molecular complexity index is 237. The summed E-state index contributed by atoms with van der Waals surface area (Å²) in [6.07, 6.45) is 1.58. The minimum absolute atomic E-state index is 0. The Morgan fingerprint density at radius 1 is 1.56 bits per heavy atom. The van der Waals surface area contributed by atoms with E-state index in [2.05, 4.69) is 15.3 Å². The van der Waals surface area contributed by atoms with Crippen LogP contribution in [0.4, 0.5) is 0 Å². The van der Waals surface area contributed by atoms with Crippen molar-refractivity contribution >= 4 is 28.7 Å². The fourth-order valence-corrected chi connectivity index (χ4v) is 1.04. The molecule has 0 aliphatic heterocycles. The van der Waals surface area contributed by atoms with E-state index in [1.165, 1.54) is 11.3 Å². The van der Waals surface area contributed by atoms with Crippen LogP contribution in [0.15, 0.2) is 11.8 Å². The molecular weight excluding hydrogens is 160 g/mol. The SMILES string of the molecule is Cl.c1nn2cnnc2s1. The molecular formula is C3H3ClN4S. The smallest absolute Gasteiger partial charge is 0.191 e. The normalized spacial score (nSPS) is 9.33. The maximum absolute atomic E-state index is 3.89. The highest BCUT2D eigenvalue weighted by molar-refractivity contribution is 7.14. The third-order valence-electron chi connectivity index (χ3n) is 0.830. The third-order valence-corrected chi connectivity index (χ3v) is 1.51. The Morgan fingerprint density at radius 3 is 3.22 bits per heavy atom. The molecule has 2 heterocycles. The van der Waals surface area contributed by atoms with Crippen LogP contribution in [0, 0.1) is 0 Å². The summed E-state index contributed by atoms with van der Waals surface area (Å²) in [7, 11) is 0. The van der Waals surface area contributed by atoms with Crippen LogP contribution in [-0.2, 0) is 0 Å². The molecule has 48 valence electrons. The third kappa shape index (κ3) is 0.883. The van der Waals surface area contributed by atoms with Crippen molar-refractivity contribution in [3.8, 4) is 0 Å². The minimum atomic E-state index is 0. The molecule has 2 aromatic rings. The largest absolute Gasteiger partial charge is 0.234 e. The number of nitrogens with zero attached hydrogens (tertiary/aromatic N) is 4. The summed E-state index contributed by atoms with van der Waals surface area (Å²) in [4.78, 5) is 0.838. The highest BCUT2D eigenvalue weighted by Crippen LogP contribution is 2.00. The van der Waals surface area contributed by atoms with E-state index in [4.69, 9.17) is 0 Å². The van der Waals surface area contributed by atoms with Crippen LogP contribution in [0.2, 0.25) is 0 Å². The van der Waals surface area contributed by atoms with Gasteiger partial charge in [-0.25, -0.2) is 0 Å². The maximum Gasteiger partial charge on any atom is 0.234 e. The molecule has 0 spiro atoms. The molecule has 0 saturated heterocycles. The monoisotopic (exact) mass is 162 g/mol. The zero-order chi connectivity index (χ0) is 5.40. The molecule has 2 aromatic heterocycles. The fourth-order valence-electron chi connectivity index (χ4n) is 0.498. The summed E-state index contributed by atoms with van der Waals surface area (Å²) in [6.45, 7) is 0. The van der Waals surface area contributed by atoms with Crippen LogP contribution in [0.1, 0.15) is 0 Å². The van der Waals surface area contributed by atoms with Gasteiger partial charge in [-0.05, 0) is 0 Å². The van der Waals surface area contributed by atoms with E-state index in [0.717, 1.165) is 4.96 Å². The Kier molecular flexibility index (Phi) is 1.63. The number of halogens is 1. The lowest BCUT2D eigenvalue weighted by Crippen LogP contribution is -1.75. The number of rotatable bonds is 0. The Balaban J connectivity index is 0.000000405. The van der Waals surface area contributed by atoms with Crippen molar-refractivity contribution in [2.45, 2.75) is 0 Å². The molecule has 0 atom stereocenters. The first kappa shape index (κ1) is 6.44. The lowest BCUT2D eigenvalue weighted by atomic mass is 11.3. The molecule has 0 aromatic carbocycles. The van der Waals surface area contributed by atoms with E-state index in [1.807, 2.05) is 0 Å². The summed E-state index contributed by atoms with van der Waals surface area (Å²) < 4.78 is 1.63. The van der Waals surface area contributed by atoms with Crippen LogP contribution in [0.3, 0.4) is 0 Å². The number of hydrogen-bond acceptors (Lipinski definition) is 4. The van der Waals surface area contributed by atoms with Gasteiger partial charge in [0.15, 0.2) is 0 Å². The van der Waals surface area contributed by atoms with Crippen LogP contribution < -0.4 is 0 Å². The molecule has 0 radical (unpaired) electrons. The molecule has 6 heteroatoms. The second-order valence-corrected chi connectivity index (χ2v) is 2.11. The van der Waals surface area contributed by atoms with Crippen LogP contribution in [-0.4, -0.2) is 19.8 Å². The van der Waals surface area contributed by atoms with Gasteiger partial charge < -0.3 is 0 Å². The van der Waals surface area contributed by atoms with Crippen LogP contribution in [0.5, 0.6) is 0 Å². The lowest BCUT2D eigenvalue weighted by Gasteiger charge is -1.66. The number of fused-ring (bicyclic) bond motifs is 1. The maximum atomic E-state index is 3.89. The standard InChI is InChI=1S/C3H2N4S.ClH/c1-4-6-3-7(1)5-2-8-3;/h1-2H;1H. The van der Waals surface area contributed by atoms with E-state index in [0.29, 0.717) is 0 Å². The number of hydrogen-bond donors (Lipinski definition) is 0. The molecule has 0 N–H and O–H groups in total. The molecule has 4 nitrogen and oxygen atoms in total. The van der Waals surface area contributed by atoms with E-state index in [9.17, 15) is 0 Å². The van der Waals surface area contributed by atoms with Gasteiger partial charge in [-0.1, -0.05) is 11.3 Å². The Morgan fingerprint density at radius 2 is 2.44 bits per heavy atom. The predicted octanol–water partition coefficient (Wildman–Crippen LogP) is 0.608. The van der Waals surface area contributed by atoms with E-state index < -0.39 is 0 Å². The van der Waals surface area contributed by atoms with Gasteiger partial charge in [0.1, 0.15) is 11.8 Å². The highest BCUT2D eigenvalue weighted by Gasteiger charge is 1.91. The van der Waals surface area contributed by atoms with Gasteiger partial charge in [-0.15, -0.1) is 22.6 Å². The molecule has 0 aliphatic rings. The van der Waals surface area contributed by atoms with Crippen LogP contribution >= 0.6 is 23.7 Å². The first-order valence-corrected chi connectivity index (χ1v) is 2.94. The summed E-state index contributed by atoms with van der Waals surface area (Å²) in [5, 5.41) is 11.3. The van der Waals surface area contributed by atoms with E-state index in [1.54, 1.807) is 16.4 Å². The summed E-state index contributed by atoms with van der Waals surface area (Å²) in [6, 6.07) is 0. The van der Waals surface area contributed by atoms with Gasteiger partial charge in [0, 0.05) is 0 Å². The molecule has 9 heavy (non-hydrogen) atoms. The number of aromatic nitrogens is 4. The summed E-state index contributed by atoms with van der Waals surface area (Å²) in [5.74, 6) is 0. The predicted molar refractivity (Wildman–Crippen MR) is 35.9 cm³/mol. The van der Waals surface area contributed by atoms with Gasteiger partial charge in [-0.2, -0.15) is 9.61 Å². The van der Waals surface area contributed by atoms with Crippen molar-refractivity contribution in [3.63, 3.8) is 0 Å². The first-order valence-electron chi connectivity index (χ1n) is 2.06. The van der Waals surface area contributed by atoms with E-state index in [-0.39, 0.29) is 12.4 Å². The van der Waals surface area contributed by atoms with Gasteiger partial charge in [-0.3, -0.25) is 0 Å². The molecule has 0 bridgehead atoms. The van der Waals surface area contributed by atoms with Crippen molar-refractivity contribution in [1.29, 1.82) is 0 Å². The summed E-state index contributed by atoms with van der Waals surface area (Å²) >= 11 is 1.47. The van der Waals surface area contributed by atoms with Crippen molar-refractivity contribution in [2.24, 2.45) is 0 Å². The molecule has 2 rings (SSSR count). The molecule has 0 aliphatic carbocycles. The van der Waals surface area contributed by atoms with Crippen LogP contribution in [0.25, 0.3) is 4.96 Å². The quantitative estimate of drug-likeness (QED) is 0.570. The minimum Gasteiger partial charge on any atom is -0.191 e. The van der Waals surface area contributed by atoms with Gasteiger partial charge >= 0.3 is 0 Å². The Labute approximate surface area is 60.9 Å². The molecule has 0 fully saturated rings. The zero-order valence-corrected chi connectivity index (χ0v) is 5.89. The topological polar surface area (TPSA) is 43.1 Å². The average molecular weight is 163 g/mol. The molecule has 0 amide bonds. The van der Waals surface area contributed by atoms with Gasteiger partial charge in [0.25, 0.3) is 0 Å². The highest BCUT2D eigenvalue weighted by atomic mass is 35.5. The first-order chi connectivity index (χ1) is 3.97. The average Bonchev–Trinajstić information content (AvgIpc) is 2.15. The fraction of sp³-hybridized carbons (Fsp3) is 0. The molecule has 0 unspecified atom stereocenters. The second-order valence-electron chi connectivity index (χ2n) is 1.30. The van der Waals surface area contributed by atoms with Gasteiger partial charge in [0.2, 0.25) is 4.96 Å². The van der Waals surface area contributed by atoms with E-state index >= 15 is 0 Å². The van der Waals surface area contributed by atoms with Gasteiger partial charge in [0.05, 0.1) is 0 Å².